The molecule has 5 heteroatoms. The second-order valence-electron chi connectivity index (χ2n) is 5.20. The Labute approximate surface area is 142 Å². The van der Waals surface area contributed by atoms with Gasteiger partial charge in [-0.3, -0.25) is 0 Å². The van der Waals surface area contributed by atoms with E-state index in [0.29, 0.717) is 15.8 Å². The van der Waals surface area contributed by atoms with Crippen LogP contribution in [0.5, 0.6) is 5.75 Å². The van der Waals surface area contributed by atoms with Gasteiger partial charge in [0.05, 0.1) is 21.8 Å². The minimum atomic E-state index is 0.135. The number of fused-ring (bicyclic) bond motifs is 1. The van der Waals surface area contributed by atoms with Crippen LogP contribution in [0.15, 0.2) is 34.8 Å². The van der Waals surface area contributed by atoms with Crippen molar-refractivity contribution in [1.82, 2.24) is 0 Å². The molecule has 1 unspecified atom stereocenters. The SMILES string of the molecule is Oc1ccc2c(c1)C(Nc1ccc(Br)c(Cl)c1Cl)CCC2. The summed E-state index contributed by atoms with van der Waals surface area (Å²) in [7, 11) is 0. The molecule has 2 nitrogen and oxygen atoms in total. The highest BCUT2D eigenvalue weighted by Crippen LogP contribution is 2.40. The number of halogens is 3. The fraction of sp³-hybridized carbons (Fsp3) is 0.250. The lowest BCUT2D eigenvalue weighted by Crippen LogP contribution is -2.17. The van der Waals surface area contributed by atoms with Crippen LogP contribution >= 0.6 is 39.1 Å². The molecule has 0 saturated heterocycles. The predicted octanol–water partition coefficient (Wildman–Crippen LogP) is 5.95. The van der Waals surface area contributed by atoms with Crippen LogP contribution in [0.25, 0.3) is 0 Å². The molecule has 0 saturated carbocycles. The average Bonchev–Trinajstić information content (AvgIpc) is 2.48. The van der Waals surface area contributed by atoms with Crippen LogP contribution in [0.3, 0.4) is 0 Å². The molecule has 1 aliphatic rings. The van der Waals surface area contributed by atoms with E-state index < -0.39 is 0 Å². The van der Waals surface area contributed by atoms with E-state index in [1.54, 1.807) is 6.07 Å². The zero-order valence-corrected chi connectivity index (χ0v) is 14.3. The maximum Gasteiger partial charge on any atom is 0.115 e. The lowest BCUT2D eigenvalue weighted by atomic mass is 9.87. The first-order valence-corrected chi connectivity index (χ1v) is 8.33. The van der Waals surface area contributed by atoms with Gasteiger partial charge in [0.2, 0.25) is 0 Å². The van der Waals surface area contributed by atoms with Gasteiger partial charge in [-0.2, -0.15) is 0 Å². The van der Waals surface area contributed by atoms with E-state index in [-0.39, 0.29) is 6.04 Å². The molecule has 0 bridgehead atoms. The molecule has 1 atom stereocenters. The van der Waals surface area contributed by atoms with Crippen molar-refractivity contribution in [2.75, 3.05) is 5.32 Å². The van der Waals surface area contributed by atoms with Gasteiger partial charge in [0.1, 0.15) is 5.75 Å². The van der Waals surface area contributed by atoms with Gasteiger partial charge in [0.15, 0.2) is 0 Å². The summed E-state index contributed by atoms with van der Waals surface area (Å²) in [6, 6.07) is 9.49. The maximum absolute atomic E-state index is 9.73. The summed E-state index contributed by atoms with van der Waals surface area (Å²) in [5.41, 5.74) is 3.22. The number of anilines is 1. The summed E-state index contributed by atoms with van der Waals surface area (Å²) in [6.45, 7) is 0. The number of aryl methyl sites for hydroxylation is 1. The van der Waals surface area contributed by atoms with E-state index in [1.165, 1.54) is 5.56 Å². The molecular formula is C16H14BrCl2NO. The normalized spacial score (nSPS) is 17.4. The van der Waals surface area contributed by atoms with Crippen LogP contribution in [0.2, 0.25) is 10.0 Å². The number of phenolic OH excluding ortho intramolecular Hbond substituents is 1. The quantitative estimate of drug-likeness (QED) is 0.625. The number of phenols is 1. The zero-order valence-electron chi connectivity index (χ0n) is 11.2. The van der Waals surface area contributed by atoms with Crippen molar-refractivity contribution in [3.8, 4) is 5.75 Å². The molecule has 0 amide bonds. The van der Waals surface area contributed by atoms with Gasteiger partial charge < -0.3 is 10.4 Å². The van der Waals surface area contributed by atoms with Crippen molar-refractivity contribution in [2.45, 2.75) is 25.3 Å². The van der Waals surface area contributed by atoms with Crippen LogP contribution in [0, 0.1) is 0 Å². The molecule has 0 radical (unpaired) electrons. The molecule has 0 fully saturated rings. The Hall–Kier alpha value is -0.900. The number of nitrogens with one attached hydrogen (secondary N) is 1. The maximum atomic E-state index is 9.73. The third kappa shape index (κ3) is 3.01. The van der Waals surface area contributed by atoms with Crippen molar-refractivity contribution in [3.05, 3.63) is 56.0 Å². The number of benzene rings is 2. The van der Waals surface area contributed by atoms with Crippen LogP contribution in [-0.2, 0) is 6.42 Å². The number of hydrogen-bond acceptors (Lipinski definition) is 2. The Morgan fingerprint density at radius 2 is 1.95 bits per heavy atom. The highest BCUT2D eigenvalue weighted by Gasteiger charge is 2.21. The van der Waals surface area contributed by atoms with Crippen LogP contribution in [0.4, 0.5) is 5.69 Å². The first kappa shape index (κ1) is 15.0. The van der Waals surface area contributed by atoms with E-state index in [1.807, 2.05) is 24.3 Å². The van der Waals surface area contributed by atoms with Gasteiger partial charge in [-0.25, -0.2) is 0 Å². The van der Waals surface area contributed by atoms with Gasteiger partial charge in [0, 0.05) is 4.47 Å². The smallest absolute Gasteiger partial charge is 0.115 e. The summed E-state index contributed by atoms with van der Waals surface area (Å²) >= 11 is 15.8. The molecule has 0 spiro atoms. The van der Waals surface area contributed by atoms with Crippen molar-refractivity contribution < 1.29 is 5.11 Å². The molecule has 2 aromatic rings. The van der Waals surface area contributed by atoms with Crippen LogP contribution in [0.1, 0.15) is 30.0 Å². The Kier molecular flexibility index (Phi) is 4.34. The largest absolute Gasteiger partial charge is 0.508 e. The molecule has 1 aliphatic carbocycles. The Balaban J connectivity index is 1.94. The summed E-state index contributed by atoms with van der Waals surface area (Å²) in [5, 5.41) is 14.2. The van der Waals surface area contributed by atoms with Crippen molar-refractivity contribution in [2.24, 2.45) is 0 Å². The second kappa shape index (κ2) is 6.07. The van der Waals surface area contributed by atoms with E-state index in [2.05, 4.69) is 21.2 Å². The molecule has 3 rings (SSSR count). The fourth-order valence-electron chi connectivity index (χ4n) is 2.76. The molecule has 2 aromatic carbocycles. The summed E-state index contributed by atoms with van der Waals surface area (Å²) < 4.78 is 0.779. The lowest BCUT2D eigenvalue weighted by molar-refractivity contribution is 0.471. The highest BCUT2D eigenvalue weighted by molar-refractivity contribution is 9.10. The summed E-state index contributed by atoms with van der Waals surface area (Å²) in [6.07, 6.45) is 3.15. The topological polar surface area (TPSA) is 32.3 Å². The molecule has 0 aliphatic heterocycles. The standard InChI is InChI=1S/C16H14BrCl2NO/c17-12-6-7-14(16(19)15(12)18)20-13-3-1-2-9-4-5-10(21)8-11(9)13/h4-8,13,20-21H,1-3H2. The summed E-state index contributed by atoms with van der Waals surface area (Å²) in [4.78, 5) is 0. The van der Waals surface area contributed by atoms with Crippen molar-refractivity contribution in [1.29, 1.82) is 0 Å². The van der Waals surface area contributed by atoms with Gasteiger partial charge in [0.25, 0.3) is 0 Å². The van der Waals surface area contributed by atoms with Crippen LogP contribution < -0.4 is 5.32 Å². The van der Waals surface area contributed by atoms with E-state index >= 15 is 0 Å². The monoisotopic (exact) mass is 385 g/mol. The summed E-state index contributed by atoms with van der Waals surface area (Å²) in [5.74, 6) is 0.294. The molecule has 0 heterocycles. The predicted molar refractivity (Wildman–Crippen MR) is 91.6 cm³/mol. The molecule has 2 N–H and O–H groups in total. The van der Waals surface area contributed by atoms with Crippen molar-refractivity contribution in [3.63, 3.8) is 0 Å². The second-order valence-corrected chi connectivity index (χ2v) is 6.81. The van der Waals surface area contributed by atoms with Crippen molar-refractivity contribution >= 4 is 44.8 Å². The first-order chi connectivity index (χ1) is 10.1. The van der Waals surface area contributed by atoms with Gasteiger partial charge in [-0.15, -0.1) is 0 Å². The van der Waals surface area contributed by atoms with Crippen LogP contribution in [-0.4, -0.2) is 5.11 Å². The fourth-order valence-corrected chi connectivity index (χ4v) is 3.59. The Morgan fingerprint density at radius 3 is 2.76 bits per heavy atom. The third-order valence-corrected chi connectivity index (χ3v) is 5.58. The van der Waals surface area contributed by atoms with E-state index in [0.717, 1.165) is 35.0 Å². The lowest BCUT2D eigenvalue weighted by Gasteiger charge is -2.28. The molecule has 0 aromatic heterocycles. The number of aromatic hydroxyl groups is 1. The molecular weight excluding hydrogens is 373 g/mol. The minimum absolute atomic E-state index is 0.135. The average molecular weight is 387 g/mol. The number of rotatable bonds is 2. The van der Waals surface area contributed by atoms with Gasteiger partial charge in [-0.1, -0.05) is 29.3 Å². The third-order valence-electron chi connectivity index (χ3n) is 3.81. The zero-order chi connectivity index (χ0) is 15.0. The van der Waals surface area contributed by atoms with Gasteiger partial charge in [-0.05, 0) is 70.6 Å². The Morgan fingerprint density at radius 1 is 1.14 bits per heavy atom. The van der Waals surface area contributed by atoms with Gasteiger partial charge >= 0.3 is 0 Å². The molecule has 21 heavy (non-hydrogen) atoms. The van der Waals surface area contributed by atoms with E-state index in [9.17, 15) is 5.11 Å². The molecule has 110 valence electrons. The van der Waals surface area contributed by atoms with E-state index in [4.69, 9.17) is 23.2 Å². The first-order valence-electron chi connectivity index (χ1n) is 6.78. The number of hydrogen-bond donors (Lipinski definition) is 2. The minimum Gasteiger partial charge on any atom is -0.508 e. The Bertz CT molecular complexity index is 690. The highest BCUT2D eigenvalue weighted by atomic mass is 79.9.